The number of amides is 4. The van der Waals surface area contributed by atoms with Crippen LogP contribution in [-0.2, 0) is 20.8 Å². The summed E-state index contributed by atoms with van der Waals surface area (Å²) >= 11 is 12.2. The quantitative estimate of drug-likeness (QED) is 0.314. The first-order valence-corrected chi connectivity index (χ1v) is 13.3. The second kappa shape index (κ2) is 12.0. The number of halogens is 3. The molecule has 4 amide bonds. The van der Waals surface area contributed by atoms with E-state index in [9.17, 15) is 23.6 Å². The van der Waals surface area contributed by atoms with Gasteiger partial charge >= 0.3 is 0 Å². The molecule has 1 saturated heterocycles. The van der Waals surface area contributed by atoms with Crippen molar-refractivity contribution in [1.29, 1.82) is 0 Å². The zero-order chi connectivity index (χ0) is 30.0. The van der Waals surface area contributed by atoms with Crippen molar-refractivity contribution >= 4 is 58.2 Å². The molecule has 0 saturated carbocycles. The van der Waals surface area contributed by atoms with Crippen LogP contribution in [0.4, 0.5) is 15.8 Å². The molecule has 5 rings (SSSR count). The molecular formula is C28H22Cl2FN7O4. The monoisotopic (exact) mass is 609 g/mol. The molecule has 1 aromatic heterocycles. The Morgan fingerprint density at radius 2 is 1.74 bits per heavy atom. The zero-order valence-corrected chi connectivity index (χ0v) is 23.2. The van der Waals surface area contributed by atoms with Crippen molar-refractivity contribution in [2.45, 2.75) is 12.5 Å². The second-order valence-electron chi connectivity index (χ2n) is 9.37. The predicted molar refractivity (Wildman–Crippen MR) is 153 cm³/mol. The van der Waals surface area contributed by atoms with Crippen molar-refractivity contribution in [1.82, 2.24) is 19.9 Å². The maximum Gasteiger partial charge on any atom is 0.251 e. The highest BCUT2D eigenvalue weighted by Gasteiger charge is 2.39. The number of benzene rings is 3. The van der Waals surface area contributed by atoms with Crippen LogP contribution in [0.3, 0.4) is 0 Å². The highest BCUT2D eigenvalue weighted by molar-refractivity contribution is 6.31. The molecule has 1 fully saturated rings. The van der Waals surface area contributed by atoms with Crippen LogP contribution in [-0.4, -0.2) is 62.7 Å². The Bertz CT molecular complexity index is 1700. The number of hydrogen-bond donors (Lipinski definition) is 2. The highest BCUT2D eigenvalue weighted by atomic mass is 35.5. The fraction of sp³-hybridized carbons (Fsp3) is 0.143. The first-order valence-electron chi connectivity index (χ1n) is 12.5. The molecule has 2 heterocycles. The molecule has 4 aromatic rings. The Kier molecular flexibility index (Phi) is 8.18. The van der Waals surface area contributed by atoms with Gasteiger partial charge < -0.3 is 16.0 Å². The van der Waals surface area contributed by atoms with Crippen molar-refractivity contribution in [3.63, 3.8) is 0 Å². The van der Waals surface area contributed by atoms with Gasteiger partial charge in [-0.3, -0.25) is 24.1 Å². The zero-order valence-electron chi connectivity index (χ0n) is 21.7. The van der Waals surface area contributed by atoms with Crippen LogP contribution in [0.2, 0.25) is 10.2 Å². The second-order valence-corrected chi connectivity index (χ2v) is 10.2. The molecule has 0 bridgehead atoms. The number of nitrogens with two attached hydrogens (primary N) is 1. The smallest absolute Gasteiger partial charge is 0.251 e. The minimum absolute atomic E-state index is 0.0491. The summed E-state index contributed by atoms with van der Waals surface area (Å²) in [4.78, 5) is 54.5. The average Bonchev–Trinajstić information content (AvgIpc) is 3.39. The third-order valence-corrected chi connectivity index (χ3v) is 7.02. The molecule has 3 N–H and O–H groups in total. The van der Waals surface area contributed by atoms with Gasteiger partial charge in [-0.2, -0.15) is 0 Å². The van der Waals surface area contributed by atoms with E-state index < -0.39 is 48.6 Å². The van der Waals surface area contributed by atoms with E-state index in [0.717, 1.165) is 17.7 Å². The molecule has 3 aromatic carbocycles. The molecule has 1 aliphatic rings. The first-order chi connectivity index (χ1) is 20.1. The lowest BCUT2D eigenvalue weighted by molar-refractivity contribution is -0.143. The van der Waals surface area contributed by atoms with Gasteiger partial charge in [-0.05, 0) is 42.0 Å². The van der Waals surface area contributed by atoms with Gasteiger partial charge in [-0.25, -0.2) is 9.07 Å². The summed E-state index contributed by atoms with van der Waals surface area (Å²) < 4.78 is 15.7. The molecule has 214 valence electrons. The number of nitrogens with zero attached hydrogens (tertiary/aromatic N) is 5. The van der Waals surface area contributed by atoms with Crippen molar-refractivity contribution in [2.24, 2.45) is 5.73 Å². The van der Waals surface area contributed by atoms with Crippen LogP contribution in [0.5, 0.6) is 0 Å². The van der Waals surface area contributed by atoms with E-state index in [0.29, 0.717) is 16.4 Å². The summed E-state index contributed by atoms with van der Waals surface area (Å²) in [5.74, 6) is -3.51. The summed E-state index contributed by atoms with van der Waals surface area (Å²) in [7, 11) is 0. The number of carbonyl (C=O) groups excluding carboxylic acids is 4. The number of hydrogen-bond acceptors (Lipinski definition) is 6. The number of anilines is 2. The highest BCUT2D eigenvalue weighted by Crippen LogP contribution is 2.30. The van der Waals surface area contributed by atoms with Gasteiger partial charge in [-0.1, -0.05) is 58.7 Å². The minimum Gasteiger partial charge on any atom is -0.366 e. The number of primary amides is 1. The Hall–Kier alpha value is -4.81. The van der Waals surface area contributed by atoms with Crippen molar-refractivity contribution in [2.75, 3.05) is 23.3 Å². The fourth-order valence-electron chi connectivity index (χ4n) is 4.60. The normalized spacial score (nSPS) is 14.2. The lowest BCUT2D eigenvalue weighted by Crippen LogP contribution is -2.60. The minimum atomic E-state index is -1.13. The van der Waals surface area contributed by atoms with Gasteiger partial charge in [0.25, 0.3) is 5.91 Å². The van der Waals surface area contributed by atoms with E-state index in [1.54, 1.807) is 42.5 Å². The van der Waals surface area contributed by atoms with Gasteiger partial charge in [0.15, 0.2) is 5.15 Å². The molecule has 0 spiro atoms. The van der Waals surface area contributed by atoms with E-state index in [1.165, 1.54) is 32.8 Å². The van der Waals surface area contributed by atoms with E-state index in [-0.39, 0.29) is 22.8 Å². The molecular weight excluding hydrogens is 588 g/mol. The van der Waals surface area contributed by atoms with Crippen LogP contribution in [0.25, 0.3) is 5.69 Å². The van der Waals surface area contributed by atoms with E-state index in [1.807, 2.05) is 0 Å². The molecule has 0 aliphatic carbocycles. The van der Waals surface area contributed by atoms with Crippen LogP contribution in [0.15, 0.2) is 72.9 Å². The largest absolute Gasteiger partial charge is 0.366 e. The summed E-state index contributed by atoms with van der Waals surface area (Å²) in [6.45, 7) is -0.822. The van der Waals surface area contributed by atoms with Gasteiger partial charge in [0.1, 0.15) is 24.9 Å². The fourth-order valence-corrected chi connectivity index (χ4v) is 4.90. The average molecular weight is 610 g/mol. The maximum atomic E-state index is 14.4. The van der Waals surface area contributed by atoms with E-state index in [4.69, 9.17) is 28.9 Å². The molecule has 14 heteroatoms. The summed E-state index contributed by atoms with van der Waals surface area (Å²) in [6, 6.07) is 16.0. The first kappa shape index (κ1) is 28.7. The molecule has 1 atom stereocenters. The number of carbonyl (C=O) groups is 4. The van der Waals surface area contributed by atoms with Crippen LogP contribution in [0, 0.1) is 5.82 Å². The number of rotatable bonds is 8. The topological polar surface area (TPSA) is 144 Å². The lowest BCUT2D eigenvalue weighted by Gasteiger charge is -2.38. The number of nitrogens with one attached hydrogen (secondary N) is 1. The molecule has 11 nitrogen and oxygen atoms in total. The van der Waals surface area contributed by atoms with Crippen LogP contribution >= 0.6 is 23.2 Å². The standard InChI is InChI=1S/C28H22Cl2FN7O4/c29-17-6-9-21(38-13-24(30)34-35-38)22(11-17)36-14-26(40)37(15-25(36)39)23(10-16-4-2-1-3-5-16)28(42)33-18-7-8-19(27(32)41)20(31)12-18/h1-9,11-13,23H,10,14-15H2,(H2,32,41)(H,33,42)/t23-/m1/s1. The third kappa shape index (κ3) is 6.09. The van der Waals surface area contributed by atoms with Gasteiger partial charge in [0.2, 0.25) is 17.7 Å². The third-order valence-electron chi connectivity index (χ3n) is 6.61. The SMILES string of the molecule is NC(=O)c1ccc(NC(=O)[C@@H](Cc2ccccc2)N2CC(=O)N(c3cc(Cl)ccc3-n3cc(Cl)nn3)CC2=O)cc1F. The van der Waals surface area contributed by atoms with Gasteiger partial charge in [0, 0.05) is 17.1 Å². The number of aromatic nitrogens is 3. The number of piperazine rings is 1. The van der Waals surface area contributed by atoms with Gasteiger partial charge in [-0.15, -0.1) is 5.10 Å². The summed E-state index contributed by atoms with van der Waals surface area (Å²) in [5, 5.41) is 10.7. The predicted octanol–water partition coefficient (Wildman–Crippen LogP) is 3.24. The lowest BCUT2D eigenvalue weighted by atomic mass is 10.0. The van der Waals surface area contributed by atoms with Gasteiger partial charge in [0.05, 0.1) is 23.1 Å². The Labute approximate surface area is 248 Å². The molecule has 42 heavy (non-hydrogen) atoms. The summed E-state index contributed by atoms with van der Waals surface area (Å²) in [6.07, 6.45) is 1.52. The molecule has 1 aliphatic heterocycles. The van der Waals surface area contributed by atoms with Crippen molar-refractivity contribution in [3.05, 3.63) is 100 Å². The Morgan fingerprint density at radius 1 is 0.976 bits per heavy atom. The maximum absolute atomic E-state index is 14.4. The van der Waals surface area contributed by atoms with E-state index in [2.05, 4.69) is 15.6 Å². The van der Waals surface area contributed by atoms with Crippen LogP contribution < -0.4 is 16.0 Å². The van der Waals surface area contributed by atoms with Crippen LogP contribution in [0.1, 0.15) is 15.9 Å². The summed E-state index contributed by atoms with van der Waals surface area (Å²) in [5.41, 5.74) is 6.32. The Morgan fingerprint density at radius 3 is 2.40 bits per heavy atom. The molecule has 0 radical (unpaired) electrons. The van der Waals surface area contributed by atoms with Crippen molar-refractivity contribution < 1.29 is 23.6 Å². The van der Waals surface area contributed by atoms with Crippen molar-refractivity contribution in [3.8, 4) is 5.69 Å². The molecule has 0 unspecified atom stereocenters. The van der Waals surface area contributed by atoms with E-state index >= 15 is 0 Å². The Balaban J connectivity index is 1.43.